The minimum atomic E-state index is 0.0278. The van der Waals surface area contributed by atoms with E-state index in [2.05, 4.69) is 5.32 Å². The largest absolute Gasteiger partial charge is 0.493 e. The van der Waals surface area contributed by atoms with Gasteiger partial charge in [0.15, 0.2) is 0 Å². The molecule has 2 rings (SSSR count). The Hall–Kier alpha value is -1.55. The number of nitrogens with two attached hydrogens (primary N) is 1. The first kappa shape index (κ1) is 14.9. The number of amides is 1. The van der Waals surface area contributed by atoms with Crippen LogP contribution in [0.3, 0.4) is 0 Å². The Morgan fingerprint density at radius 3 is 2.95 bits per heavy atom. The zero-order valence-corrected chi connectivity index (χ0v) is 12.1. The van der Waals surface area contributed by atoms with Crippen molar-refractivity contribution in [2.24, 2.45) is 5.73 Å². The van der Waals surface area contributed by atoms with Crippen molar-refractivity contribution in [1.29, 1.82) is 0 Å². The van der Waals surface area contributed by atoms with Gasteiger partial charge in [0, 0.05) is 12.1 Å². The molecule has 1 fully saturated rings. The zero-order valence-electron chi connectivity index (χ0n) is 12.1. The molecule has 1 aliphatic rings. The summed E-state index contributed by atoms with van der Waals surface area (Å²) in [6.07, 6.45) is 4.69. The van der Waals surface area contributed by atoms with Crippen molar-refractivity contribution in [3.05, 3.63) is 29.8 Å². The summed E-state index contributed by atoms with van der Waals surface area (Å²) in [4.78, 5) is 11.9. The zero-order chi connectivity index (χ0) is 14.4. The summed E-state index contributed by atoms with van der Waals surface area (Å²) < 4.78 is 5.58. The normalized spacial score (nSPS) is 22.3. The van der Waals surface area contributed by atoms with Crippen molar-refractivity contribution in [1.82, 2.24) is 5.32 Å². The van der Waals surface area contributed by atoms with E-state index in [0.717, 1.165) is 30.6 Å². The van der Waals surface area contributed by atoms with Gasteiger partial charge in [-0.15, -0.1) is 0 Å². The van der Waals surface area contributed by atoms with E-state index in [9.17, 15) is 4.79 Å². The van der Waals surface area contributed by atoms with Crippen LogP contribution in [0.4, 0.5) is 0 Å². The fourth-order valence-electron chi connectivity index (χ4n) is 2.58. The summed E-state index contributed by atoms with van der Waals surface area (Å²) in [6, 6.07) is 8.08. The number of aryl methyl sites for hydroxylation is 1. The standard InChI is InChI=1S/C16H24N2O2/c1-12-5-4-6-13(11-12)20-10-9-16(19)18-15-8-3-2-7-14(15)17/h4-6,11,14-15H,2-3,7-10,17H2,1H3,(H,18,19)/t14-,15-/m1/s1. The van der Waals surface area contributed by atoms with Crippen LogP contribution < -0.4 is 15.8 Å². The molecule has 0 radical (unpaired) electrons. The minimum Gasteiger partial charge on any atom is -0.493 e. The summed E-state index contributed by atoms with van der Waals surface area (Å²) in [5.41, 5.74) is 7.17. The van der Waals surface area contributed by atoms with E-state index < -0.39 is 0 Å². The lowest BCUT2D eigenvalue weighted by Crippen LogP contribution is -2.49. The molecule has 0 heterocycles. The quantitative estimate of drug-likeness (QED) is 0.866. The van der Waals surface area contributed by atoms with Crippen LogP contribution in [0.5, 0.6) is 5.75 Å². The maximum Gasteiger partial charge on any atom is 0.223 e. The topological polar surface area (TPSA) is 64.3 Å². The summed E-state index contributed by atoms with van der Waals surface area (Å²) in [5, 5.41) is 3.02. The average Bonchev–Trinajstić information content (AvgIpc) is 2.41. The van der Waals surface area contributed by atoms with Crippen LogP contribution in [0, 0.1) is 6.92 Å². The van der Waals surface area contributed by atoms with Crippen LogP contribution in [0.1, 0.15) is 37.7 Å². The Labute approximate surface area is 120 Å². The molecule has 1 amide bonds. The predicted molar refractivity (Wildman–Crippen MR) is 79.7 cm³/mol. The van der Waals surface area contributed by atoms with Crippen LogP contribution in [-0.4, -0.2) is 24.6 Å². The SMILES string of the molecule is Cc1cccc(OCCC(=O)N[C@@H]2CCCC[C@H]2N)c1. The Kier molecular flexibility index (Phi) is 5.41. The van der Waals surface area contributed by atoms with E-state index in [1.165, 1.54) is 6.42 Å². The third-order valence-electron chi connectivity index (χ3n) is 3.75. The van der Waals surface area contributed by atoms with Crippen molar-refractivity contribution in [3.8, 4) is 5.75 Å². The fraction of sp³-hybridized carbons (Fsp3) is 0.562. The highest BCUT2D eigenvalue weighted by Gasteiger charge is 2.22. The van der Waals surface area contributed by atoms with E-state index in [4.69, 9.17) is 10.5 Å². The molecule has 4 heteroatoms. The molecule has 0 spiro atoms. The Morgan fingerprint density at radius 1 is 1.40 bits per heavy atom. The molecule has 0 saturated heterocycles. The van der Waals surface area contributed by atoms with Crippen LogP contribution in [-0.2, 0) is 4.79 Å². The molecule has 110 valence electrons. The monoisotopic (exact) mass is 276 g/mol. The molecule has 2 atom stereocenters. The second-order valence-electron chi connectivity index (χ2n) is 5.54. The molecule has 1 saturated carbocycles. The Morgan fingerprint density at radius 2 is 2.20 bits per heavy atom. The predicted octanol–water partition coefficient (Wildman–Crippen LogP) is 2.15. The van der Waals surface area contributed by atoms with Gasteiger partial charge in [-0.25, -0.2) is 0 Å². The number of rotatable bonds is 5. The van der Waals surface area contributed by atoms with Gasteiger partial charge >= 0.3 is 0 Å². The molecule has 0 aliphatic heterocycles. The van der Waals surface area contributed by atoms with Crippen LogP contribution in [0.25, 0.3) is 0 Å². The van der Waals surface area contributed by atoms with E-state index in [0.29, 0.717) is 13.0 Å². The molecule has 3 N–H and O–H groups in total. The molecule has 0 bridgehead atoms. The second-order valence-corrected chi connectivity index (χ2v) is 5.54. The highest BCUT2D eigenvalue weighted by molar-refractivity contribution is 5.76. The lowest BCUT2D eigenvalue weighted by molar-refractivity contribution is -0.122. The lowest BCUT2D eigenvalue weighted by atomic mass is 9.91. The minimum absolute atomic E-state index is 0.0278. The summed E-state index contributed by atoms with van der Waals surface area (Å²) in [5.74, 6) is 0.840. The number of hydrogen-bond acceptors (Lipinski definition) is 3. The highest BCUT2D eigenvalue weighted by atomic mass is 16.5. The van der Waals surface area contributed by atoms with E-state index in [1.807, 2.05) is 31.2 Å². The van der Waals surface area contributed by atoms with Gasteiger partial charge in [-0.05, 0) is 37.5 Å². The molecule has 0 aromatic heterocycles. The summed E-state index contributed by atoms with van der Waals surface area (Å²) in [7, 11) is 0. The van der Waals surface area contributed by atoms with Gasteiger partial charge in [0.25, 0.3) is 0 Å². The molecule has 20 heavy (non-hydrogen) atoms. The van der Waals surface area contributed by atoms with Crippen LogP contribution in [0.15, 0.2) is 24.3 Å². The lowest BCUT2D eigenvalue weighted by Gasteiger charge is -2.29. The number of hydrogen-bond donors (Lipinski definition) is 2. The van der Waals surface area contributed by atoms with E-state index in [1.54, 1.807) is 0 Å². The number of carbonyl (C=O) groups is 1. The number of nitrogens with one attached hydrogen (secondary N) is 1. The number of ether oxygens (including phenoxy) is 1. The second kappa shape index (κ2) is 7.29. The van der Waals surface area contributed by atoms with Gasteiger partial charge in [-0.2, -0.15) is 0 Å². The number of carbonyl (C=O) groups excluding carboxylic acids is 1. The van der Waals surface area contributed by atoms with Gasteiger partial charge in [-0.1, -0.05) is 25.0 Å². The van der Waals surface area contributed by atoms with Crippen molar-refractivity contribution < 1.29 is 9.53 Å². The molecular formula is C16H24N2O2. The van der Waals surface area contributed by atoms with Crippen molar-refractivity contribution in [3.63, 3.8) is 0 Å². The summed E-state index contributed by atoms with van der Waals surface area (Å²) >= 11 is 0. The van der Waals surface area contributed by atoms with E-state index >= 15 is 0 Å². The first-order valence-corrected chi connectivity index (χ1v) is 7.39. The van der Waals surface area contributed by atoms with Crippen LogP contribution >= 0.6 is 0 Å². The summed E-state index contributed by atoms with van der Waals surface area (Å²) in [6.45, 7) is 2.42. The van der Waals surface area contributed by atoms with Gasteiger partial charge in [-0.3, -0.25) is 4.79 Å². The maximum atomic E-state index is 11.9. The Balaban J connectivity index is 1.70. The molecule has 4 nitrogen and oxygen atoms in total. The smallest absolute Gasteiger partial charge is 0.223 e. The first-order chi connectivity index (χ1) is 9.65. The third kappa shape index (κ3) is 4.53. The van der Waals surface area contributed by atoms with Gasteiger partial charge < -0.3 is 15.8 Å². The third-order valence-corrected chi connectivity index (χ3v) is 3.75. The van der Waals surface area contributed by atoms with Gasteiger partial charge in [0.1, 0.15) is 5.75 Å². The molecule has 1 aliphatic carbocycles. The Bertz CT molecular complexity index is 448. The van der Waals surface area contributed by atoms with Gasteiger partial charge in [0.05, 0.1) is 13.0 Å². The molecule has 0 unspecified atom stereocenters. The highest BCUT2D eigenvalue weighted by Crippen LogP contribution is 2.17. The molecular weight excluding hydrogens is 252 g/mol. The van der Waals surface area contributed by atoms with Gasteiger partial charge in [0.2, 0.25) is 5.91 Å². The maximum absolute atomic E-state index is 11.9. The average molecular weight is 276 g/mol. The first-order valence-electron chi connectivity index (χ1n) is 7.39. The van der Waals surface area contributed by atoms with Crippen molar-refractivity contribution in [2.75, 3.05) is 6.61 Å². The molecule has 1 aromatic rings. The number of benzene rings is 1. The molecule has 1 aromatic carbocycles. The van der Waals surface area contributed by atoms with Crippen molar-refractivity contribution >= 4 is 5.91 Å². The van der Waals surface area contributed by atoms with Crippen molar-refractivity contribution in [2.45, 2.75) is 51.1 Å². The van der Waals surface area contributed by atoms with E-state index in [-0.39, 0.29) is 18.0 Å². The van der Waals surface area contributed by atoms with Crippen LogP contribution in [0.2, 0.25) is 0 Å². The fourth-order valence-corrected chi connectivity index (χ4v) is 2.58.